The van der Waals surface area contributed by atoms with E-state index in [1.807, 2.05) is 0 Å². The number of amides is 1. The van der Waals surface area contributed by atoms with Gasteiger partial charge < -0.3 is 14.4 Å². The minimum absolute atomic E-state index is 0.296. The minimum atomic E-state index is 0.296. The van der Waals surface area contributed by atoms with Crippen molar-refractivity contribution in [1.29, 1.82) is 0 Å². The van der Waals surface area contributed by atoms with Crippen molar-refractivity contribution >= 4 is 5.91 Å². The second-order valence-electron chi connectivity index (χ2n) is 7.11. The summed E-state index contributed by atoms with van der Waals surface area (Å²) < 4.78 is 11.1. The molecule has 4 heteroatoms. The van der Waals surface area contributed by atoms with Gasteiger partial charge >= 0.3 is 0 Å². The molecule has 2 saturated heterocycles. The third kappa shape index (κ3) is 3.23. The van der Waals surface area contributed by atoms with Crippen molar-refractivity contribution in [3.63, 3.8) is 0 Å². The molecule has 0 N–H and O–H groups in total. The molecular formula is C18H29NO3. The predicted molar refractivity (Wildman–Crippen MR) is 85.6 cm³/mol. The van der Waals surface area contributed by atoms with Crippen LogP contribution in [0.2, 0.25) is 0 Å². The molecule has 0 aromatic heterocycles. The highest BCUT2D eigenvalue weighted by Gasteiger charge is 2.44. The largest absolute Gasteiger partial charge is 0.384 e. The zero-order chi connectivity index (χ0) is 15.4. The highest BCUT2D eigenvalue weighted by Crippen LogP contribution is 2.45. The first-order chi connectivity index (χ1) is 10.7. The number of carbonyl (C=O) groups is 1. The maximum absolute atomic E-state index is 12.6. The number of rotatable bonds is 3. The zero-order valence-electron chi connectivity index (χ0n) is 13.8. The molecule has 4 nitrogen and oxygen atoms in total. The summed E-state index contributed by atoms with van der Waals surface area (Å²) >= 11 is 0. The van der Waals surface area contributed by atoms with Gasteiger partial charge in [-0.3, -0.25) is 4.79 Å². The summed E-state index contributed by atoms with van der Waals surface area (Å²) in [6.07, 6.45) is 9.94. The highest BCUT2D eigenvalue weighted by atomic mass is 16.5. The Morgan fingerprint density at radius 2 is 2.18 bits per heavy atom. The third-order valence-corrected chi connectivity index (χ3v) is 5.91. The third-order valence-electron chi connectivity index (χ3n) is 5.91. The van der Waals surface area contributed by atoms with Crippen molar-refractivity contribution in [3.05, 3.63) is 11.6 Å². The van der Waals surface area contributed by atoms with E-state index < -0.39 is 0 Å². The molecular weight excluding hydrogens is 278 g/mol. The Balaban J connectivity index is 1.61. The molecule has 0 aromatic rings. The first-order valence-electron chi connectivity index (χ1n) is 8.80. The van der Waals surface area contributed by atoms with Gasteiger partial charge in [-0.1, -0.05) is 6.08 Å². The summed E-state index contributed by atoms with van der Waals surface area (Å²) in [7, 11) is 1.77. The van der Waals surface area contributed by atoms with E-state index >= 15 is 0 Å². The summed E-state index contributed by atoms with van der Waals surface area (Å²) in [5.74, 6) is 0.780. The first kappa shape index (κ1) is 16.0. The lowest BCUT2D eigenvalue weighted by molar-refractivity contribution is -0.134. The molecule has 2 aliphatic heterocycles. The van der Waals surface area contributed by atoms with Crippen LogP contribution in [0.4, 0.5) is 0 Å². The molecule has 1 spiro atoms. The van der Waals surface area contributed by atoms with Gasteiger partial charge in [0.25, 0.3) is 0 Å². The summed E-state index contributed by atoms with van der Waals surface area (Å²) in [5, 5.41) is 0. The second kappa shape index (κ2) is 7.14. The van der Waals surface area contributed by atoms with Crippen LogP contribution in [0.1, 0.15) is 44.9 Å². The van der Waals surface area contributed by atoms with Crippen LogP contribution in [-0.2, 0) is 14.3 Å². The number of hydrogen-bond acceptors (Lipinski definition) is 3. The molecule has 3 aliphatic rings. The molecule has 1 aliphatic carbocycles. The van der Waals surface area contributed by atoms with Crippen LogP contribution in [0.15, 0.2) is 11.6 Å². The molecule has 2 heterocycles. The van der Waals surface area contributed by atoms with E-state index in [4.69, 9.17) is 9.47 Å². The van der Waals surface area contributed by atoms with E-state index in [-0.39, 0.29) is 0 Å². The van der Waals surface area contributed by atoms with Crippen LogP contribution >= 0.6 is 0 Å². The van der Waals surface area contributed by atoms with Gasteiger partial charge in [0.05, 0.1) is 13.2 Å². The number of likely N-dealkylation sites (tertiary alicyclic amines) is 1. The van der Waals surface area contributed by atoms with E-state index in [1.54, 1.807) is 7.11 Å². The molecule has 1 atom stereocenters. The molecule has 2 fully saturated rings. The average molecular weight is 307 g/mol. The highest BCUT2D eigenvalue weighted by molar-refractivity contribution is 5.93. The van der Waals surface area contributed by atoms with Crippen molar-refractivity contribution in [2.75, 3.05) is 40.0 Å². The molecule has 124 valence electrons. The van der Waals surface area contributed by atoms with Crippen molar-refractivity contribution in [2.24, 2.45) is 11.3 Å². The Labute approximate surface area is 133 Å². The van der Waals surface area contributed by atoms with Crippen LogP contribution in [0.3, 0.4) is 0 Å². The molecule has 0 aromatic carbocycles. The van der Waals surface area contributed by atoms with Crippen LogP contribution in [-0.4, -0.2) is 50.8 Å². The lowest BCUT2D eigenvalue weighted by Crippen LogP contribution is -2.50. The van der Waals surface area contributed by atoms with Gasteiger partial charge in [-0.2, -0.15) is 0 Å². The quantitative estimate of drug-likeness (QED) is 0.805. The smallest absolute Gasteiger partial charge is 0.249 e. The molecule has 0 unspecified atom stereocenters. The number of allylic oxidation sites excluding steroid dienone is 1. The van der Waals surface area contributed by atoms with E-state index in [9.17, 15) is 4.79 Å². The normalized spacial score (nSPS) is 28.5. The predicted octanol–water partition coefficient (Wildman–Crippen LogP) is 2.78. The Kier molecular flexibility index (Phi) is 5.19. The molecule has 0 saturated carbocycles. The summed E-state index contributed by atoms with van der Waals surface area (Å²) in [6, 6.07) is 0. The van der Waals surface area contributed by atoms with Gasteiger partial charge in [0.15, 0.2) is 0 Å². The van der Waals surface area contributed by atoms with Gasteiger partial charge in [-0.25, -0.2) is 0 Å². The fourth-order valence-corrected chi connectivity index (χ4v) is 4.36. The Bertz CT molecular complexity index is 422. The monoisotopic (exact) mass is 307 g/mol. The van der Waals surface area contributed by atoms with E-state index in [2.05, 4.69) is 11.0 Å². The van der Waals surface area contributed by atoms with Crippen LogP contribution < -0.4 is 0 Å². The van der Waals surface area contributed by atoms with Gasteiger partial charge in [0, 0.05) is 38.3 Å². The number of nitrogens with zero attached hydrogens (tertiary/aromatic N) is 1. The molecule has 22 heavy (non-hydrogen) atoms. The van der Waals surface area contributed by atoms with Crippen molar-refractivity contribution in [3.8, 4) is 0 Å². The number of methoxy groups -OCH3 is 1. The van der Waals surface area contributed by atoms with E-state index in [1.165, 1.54) is 12.8 Å². The lowest BCUT2D eigenvalue weighted by atomic mass is 9.66. The summed E-state index contributed by atoms with van der Waals surface area (Å²) in [5.41, 5.74) is 1.38. The Morgan fingerprint density at radius 1 is 1.36 bits per heavy atom. The standard InChI is InChI=1S/C18H29NO3/c1-21-13-16-14-22-12-9-18(16)7-10-19(11-8-18)17(20)15-5-3-2-4-6-15/h5,16H,2-4,6-14H2,1H3/t16-/m0/s1. The van der Waals surface area contributed by atoms with Crippen LogP contribution in [0.25, 0.3) is 0 Å². The van der Waals surface area contributed by atoms with Crippen LogP contribution in [0, 0.1) is 11.3 Å². The number of hydrogen-bond donors (Lipinski definition) is 0. The number of carbonyl (C=O) groups excluding carboxylic acids is 1. The van der Waals surface area contributed by atoms with Gasteiger partial charge in [0.1, 0.15) is 0 Å². The van der Waals surface area contributed by atoms with Crippen molar-refractivity contribution < 1.29 is 14.3 Å². The Morgan fingerprint density at radius 3 is 2.86 bits per heavy atom. The maximum Gasteiger partial charge on any atom is 0.249 e. The van der Waals surface area contributed by atoms with Gasteiger partial charge in [0.2, 0.25) is 5.91 Å². The Hall–Kier alpha value is -0.870. The van der Waals surface area contributed by atoms with Crippen molar-refractivity contribution in [1.82, 2.24) is 4.90 Å². The lowest BCUT2D eigenvalue weighted by Gasteiger charge is -2.49. The first-order valence-corrected chi connectivity index (χ1v) is 8.80. The fourth-order valence-electron chi connectivity index (χ4n) is 4.36. The maximum atomic E-state index is 12.6. The molecule has 3 rings (SSSR count). The van der Waals surface area contributed by atoms with E-state index in [0.29, 0.717) is 17.2 Å². The number of piperidine rings is 1. The second-order valence-corrected chi connectivity index (χ2v) is 7.11. The molecule has 0 bridgehead atoms. The minimum Gasteiger partial charge on any atom is -0.384 e. The average Bonchev–Trinajstić information content (AvgIpc) is 2.58. The topological polar surface area (TPSA) is 38.8 Å². The number of ether oxygens (including phenoxy) is 2. The van der Waals surface area contributed by atoms with Gasteiger partial charge in [-0.15, -0.1) is 0 Å². The summed E-state index contributed by atoms with van der Waals surface area (Å²) in [6.45, 7) is 4.25. The van der Waals surface area contributed by atoms with Gasteiger partial charge in [-0.05, 0) is 50.4 Å². The van der Waals surface area contributed by atoms with Crippen molar-refractivity contribution in [2.45, 2.75) is 44.9 Å². The SMILES string of the molecule is COC[C@H]1COCCC12CCN(C(=O)C1=CCCCC1)CC2. The van der Waals surface area contributed by atoms with E-state index in [0.717, 1.165) is 70.6 Å². The molecule has 1 amide bonds. The summed E-state index contributed by atoms with van der Waals surface area (Å²) in [4.78, 5) is 14.7. The van der Waals surface area contributed by atoms with Crippen LogP contribution in [0.5, 0.6) is 0 Å². The molecule has 0 radical (unpaired) electrons. The zero-order valence-corrected chi connectivity index (χ0v) is 13.8. The fraction of sp³-hybridized carbons (Fsp3) is 0.833.